The van der Waals surface area contributed by atoms with Crippen molar-refractivity contribution in [3.05, 3.63) is 99.0 Å². The fourth-order valence-corrected chi connectivity index (χ4v) is 3.49. The second kappa shape index (κ2) is 6.35. The van der Waals surface area contributed by atoms with Crippen molar-refractivity contribution in [2.24, 2.45) is 0 Å². The molecule has 5 heteroatoms. The summed E-state index contributed by atoms with van der Waals surface area (Å²) in [7, 11) is 0. The first-order valence-electron chi connectivity index (χ1n) is 7.94. The van der Waals surface area contributed by atoms with Gasteiger partial charge in [0.25, 0.3) is 5.91 Å². The van der Waals surface area contributed by atoms with Gasteiger partial charge in [0.05, 0.1) is 5.56 Å². The number of benzene rings is 3. The lowest BCUT2D eigenvalue weighted by molar-refractivity contribution is 0.0979. The summed E-state index contributed by atoms with van der Waals surface area (Å²) in [5.41, 5.74) is 2.41. The molecule has 126 valence electrons. The molecule has 26 heavy (non-hydrogen) atoms. The number of carbonyl (C=O) groups is 3. The largest absolute Gasteiger partial charge is 0.322 e. The van der Waals surface area contributed by atoms with Crippen molar-refractivity contribution >= 4 is 39.1 Å². The Bertz CT molecular complexity index is 1090. The third kappa shape index (κ3) is 2.66. The van der Waals surface area contributed by atoms with E-state index in [-0.39, 0.29) is 17.5 Å². The Labute approximate surface area is 158 Å². The summed E-state index contributed by atoms with van der Waals surface area (Å²) in [4.78, 5) is 37.8. The molecule has 0 heterocycles. The van der Waals surface area contributed by atoms with Gasteiger partial charge in [-0.25, -0.2) is 0 Å². The van der Waals surface area contributed by atoms with Crippen LogP contribution in [0.25, 0.3) is 0 Å². The van der Waals surface area contributed by atoms with Gasteiger partial charge >= 0.3 is 0 Å². The van der Waals surface area contributed by atoms with E-state index >= 15 is 0 Å². The molecule has 1 aliphatic rings. The maximum Gasteiger partial charge on any atom is 0.256 e. The van der Waals surface area contributed by atoms with E-state index in [2.05, 4.69) is 21.2 Å². The Morgan fingerprint density at radius 3 is 2.00 bits per heavy atom. The molecule has 0 aliphatic heterocycles. The highest BCUT2D eigenvalue weighted by Crippen LogP contribution is 2.29. The molecule has 0 spiro atoms. The van der Waals surface area contributed by atoms with Gasteiger partial charge in [0, 0.05) is 32.4 Å². The molecule has 0 atom stereocenters. The molecule has 0 bridgehead atoms. The predicted octanol–water partition coefficient (Wildman–Crippen LogP) is 4.48. The molecule has 4 nitrogen and oxygen atoms in total. The predicted molar refractivity (Wildman–Crippen MR) is 102 cm³/mol. The Balaban J connectivity index is 1.70. The van der Waals surface area contributed by atoms with Gasteiger partial charge in [-0.15, -0.1) is 0 Å². The number of anilines is 1. The van der Waals surface area contributed by atoms with Crippen LogP contribution >= 0.6 is 15.9 Å². The van der Waals surface area contributed by atoms with Crippen LogP contribution in [0.2, 0.25) is 0 Å². The Hall–Kier alpha value is -3.05. The second-order valence-corrected chi connectivity index (χ2v) is 6.75. The van der Waals surface area contributed by atoms with E-state index in [9.17, 15) is 14.4 Å². The maximum absolute atomic E-state index is 12.7. The van der Waals surface area contributed by atoms with E-state index in [4.69, 9.17) is 0 Å². The smallest absolute Gasteiger partial charge is 0.256 e. The number of amides is 1. The van der Waals surface area contributed by atoms with Crippen LogP contribution in [0.1, 0.15) is 42.2 Å². The highest BCUT2D eigenvalue weighted by molar-refractivity contribution is 9.10. The van der Waals surface area contributed by atoms with E-state index in [0.717, 1.165) is 0 Å². The molecule has 3 aromatic rings. The Kier molecular flexibility index (Phi) is 4.01. The summed E-state index contributed by atoms with van der Waals surface area (Å²) in [5.74, 6) is -0.696. The zero-order valence-electron chi connectivity index (χ0n) is 13.5. The molecule has 0 unspecified atom stereocenters. The number of halogens is 1. The average molecular weight is 406 g/mol. The molecule has 1 aliphatic carbocycles. The minimum absolute atomic E-state index is 0.182. The summed E-state index contributed by atoms with van der Waals surface area (Å²) in [5, 5.41) is 2.78. The Morgan fingerprint density at radius 1 is 0.731 bits per heavy atom. The van der Waals surface area contributed by atoms with Crippen molar-refractivity contribution in [3.8, 4) is 0 Å². The van der Waals surface area contributed by atoms with E-state index in [1.54, 1.807) is 60.7 Å². The van der Waals surface area contributed by atoms with E-state index in [0.29, 0.717) is 38.0 Å². The van der Waals surface area contributed by atoms with Gasteiger partial charge in [0.15, 0.2) is 11.6 Å². The van der Waals surface area contributed by atoms with Crippen LogP contribution in [-0.4, -0.2) is 17.5 Å². The van der Waals surface area contributed by atoms with Crippen LogP contribution in [0.4, 0.5) is 5.69 Å². The highest BCUT2D eigenvalue weighted by Gasteiger charge is 2.29. The quantitative estimate of drug-likeness (QED) is 0.534. The third-order valence-electron chi connectivity index (χ3n) is 4.30. The van der Waals surface area contributed by atoms with Gasteiger partial charge in [0.2, 0.25) is 0 Å². The lowest BCUT2D eigenvalue weighted by Gasteiger charge is -2.18. The van der Waals surface area contributed by atoms with Gasteiger partial charge < -0.3 is 5.32 Å². The number of rotatable bonds is 2. The number of fused-ring (bicyclic) bond motifs is 2. The number of hydrogen-bond acceptors (Lipinski definition) is 3. The number of ketones is 2. The van der Waals surface area contributed by atoms with E-state index in [1.165, 1.54) is 0 Å². The monoisotopic (exact) mass is 405 g/mol. The SMILES string of the molecule is O=C(Nc1ccc2c(c1)C(=O)c1ccccc1C2=O)c1ccccc1Br. The molecule has 1 N–H and O–H groups in total. The van der Waals surface area contributed by atoms with Crippen LogP contribution in [0.15, 0.2) is 71.2 Å². The number of nitrogens with one attached hydrogen (secondary N) is 1. The third-order valence-corrected chi connectivity index (χ3v) is 4.99. The first-order valence-corrected chi connectivity index (χ1v) is 8.74. The first-order chi connectivity index (χ1) is 12.6. The van der Waals surface area contributed by atoms with E-state index < -0.39 is 0 Å². The van der Waals surface area contributed by atoms with Crippen molar-refractivity contribution in [1.29, 1.82) is 0 Å². The van der Waals surface area contributed by atoms with Crippen molar-refractivity contribution in [3.63, 3.8) is 0 Å². The summed E-state index contributed by atoms with van der Waals surface area (Å²) in [6.45, 7) is 0. The molecule has 0 radical (unpaired) electrons. The molecular weight excluding hydrogens is 394 g/mol. The minimum atomic E-state index is -0.299. The topological polar surface area (TPSA) is 63.2 Å². The van der Waals surface area contributed by atoms with Gasteiger partial charge in [-0.1, -0.05) is 36.4 Å². The molecule has 0 saturated heterocycles. The van der Waals surface area contributed by atoms with Crippen LogP contribution in [0.5, 0.6) is 0 Å². The van der Waals surface area contributed by atoms with Crippen molar-refractivity contribution in [2.75, 3.05) is 5.32 Å². The van der Waals surface area contributed by atoms with Crippen molar-refractivity contribution < 1.29 is 14.4 Å². The van der Waals surface area contributed by atoms with E-state index in [1.807, 2.05) is 6.07 Å². The molecule has 0 fully saturated rings. The number of carbonyl (C=O) groups excluding carboxylic acids is 3. The fraction of sp³-hybridized carbons (Fsp3) is 0. The highest BCUT2D eigenvalue weighted by atomic mass is 79.9. The standard InChI is InChI=1S/C21H12BrNO3/c22-18-8-4-3-7-16(18)21(26)23-12-9-10-15-17(11-12)20(25)14-6-2-1-5-13(14)19(15)24/h1-11H,(H,23,26). The zero-order chi connectivity index (χ0) is 18.3. The average Bonchev–Trinajstić information content (AvgIpc) is 2.66. The van der Waals surface area contributed by atoms with Crippen molar-refractivity contribution in [2.45, 2.75) is 0 Å². The number of hydrogen-bond donors (Lipinski definition) is 1. The molecule has 4 rings (SSSR count). The molecular formula is C21H12BrNO3. The summed E-state index contributed by atoms with van der Waals surface area (Å²) < 4.78 is 0.677. The minimum Gasteiger partial charge on any atom is -0.322 e. The van der Waals surface area contributed by atoms with Gasteiger partial charge in [-0.05, 0) is 46.3 Å². The lowest BCUT2D eigenvalue weighted by Crippen LogP contribution is -2.21. The van der Waals surface area contributed by atoms with Crippen LogP contribution < -0.4 is 5.32 Å². The van der Waals surface area contributed by atoms with Gasteiger partial charge in [0.1, 0.15) is 0 Å². The molecule has 3 aromatic carbocycles. The Morgan fingerprint density at radius 2 is 1.31 bits per heavy atom. The van der Waals surface area contributed by atoms with Crippen molar-refractivity contribution in [1.82, 2.24) is 0 Å². The zero-order valence-corrected chi connectivity index (χ0v) is 15.0. The second-order valence-electron chi connectivity index (χ2n) is 5.90. The fourth-order valence-electron chi connectivity index (χ4n) is 3.02. The normalized spacial score (nSPS) is 12.3. The van der Waals surface area contributed by atoms with Crippen LogP contribution in [0.3, 0.4) is 0 Å². The van der Waals surface area contributed by atoms with Crippen LogP contribution in [0, 0.1) is 0 Å². The summed E-state index contributed by atoms with van der Waals surface area (Å²) >= 11 is 3.35. The first kappa shape index (κ1) is 16.4. The van der Waals surface area contributed by atoms with Crippen LogP contribution in [-0.2, 0) is 0 Å². The molecule has 0 saturated carbocycles. The molecule has 0 aromatic heterocycles. The maximum atomic E-state index is 12.7. The summed E-state index contributed by atoms with van der Waals surface area (Å²) in [6.07, 6.45) is 0. The van der Waals surface area contributed by atoms with Gasteiger partial charge in [-0.2, -0.15) is 0 Å². The summed E-state index contributed by atoms with van der Waals surface area (Å²) in [6, 6.07) is 18.6. The lowest BCUT2D eigenvalue weighted by atomic mass is 9.84. The van der Waals surface area contributed by atoms with Gasteiger partial charge in [-0.3, -0.25) is 14.4 Å². The molecule has 1 amide bonds.